The van der Waals surface area contributed by atoms with Crippen LogP contribution in [0, 0.1) is 0 Å². The van der Waals surface area contributed by atoms with Crippen LogP contribution in [0.3, 0.4) is 0 Å². The largest absolute Gasteiger partial charge is 0.465 e. The van der Waals surface area contributed by atoms with Gasteiger partial charge in [-0.25, -0.2) is 0 Å². The molecule has 1 aliphatic rings. The molecule has 0 unspecified atom stereocenters. The first-order chi connectivity index (χ1) is 11.1. The van der Waals surface area contributed by atoms with E-state index in [0.717, 1.165) is 16.7 Å². The van der Waals surface area contributed by atoms with Gasteiger partial charge in [-0.2, -0.15) is 0 Å². The first-order valence-corrected chi connectivity index (χ1v) is 8.26. The fourth-order valence-corrected chi connectivity index (χ4v) is 3.25. The van der Waals surface area contributed by atoms with Gasteiger partial charge in [0.2, 0.25) is 0 Å². The summed E-state index contributed by atoms with van der Waals surface area (Å²) >= 11 is 12.2. The van der Waals surface area contributed by atoms with Crippen molar-refractivity contribution in [3.8, 4) is 0 Å². The SMILES string of the molecule is CCOC(=O)[C@H]1C=C[C@@H](c2ccc(Cl)c(Cl)c2)c2ccccc21. The van der Waals surface area contributed by atoms with Crippen LogP contribution in [0.25, 0.3) is 0 Å². The summed E-state index contributed by atoms with van der Waals surface area (Å²) in [6, 6.07) is 13.6. The number of carbonyl (C=O) groups is 1. The quantitative estimate of drug-likeness (QED) is 0.553. The van der Waals surface area contributed by atoms with Gasteiger partial charge in [0.1, 0.15) is 5.92 Å². The van der Waals surface area contributed by atoms with E-state index in [1.54, 1.807) is 6.07 Å². The molecule has 0 heterocycles. The van der Waals surface area contributed by atoms with Crippen LogP contribution in [0.4, 0.5) is 0 Å². The van der Waals surface area contributed by atoms with E-state index >= 15 is 0 Å². The van der Waals surface area contributed by atoms with Gasteiger partial charge in [0, 0.05) is 5.92 Å². The summed E-state index contributed by atoms with van der Waals surface area (Å²) in [6.07, 6.45) is 3.94. The fraction of sp³-hybridized carbons (Fsp3) is 0.211. The lowest BCUT2D eigenvalue weighted by molar-refractivity contribution is -0.143. The van der Waals surface area contributed by atoms with Gasteiger partial charge in [0.05, 0.1) is 16.7 Å². The zero-order chi connectivity index (χ0) is 16.4. The van der Waals surface area contributed by atoms with Gasteiger partial charge in [-0.05, 0) is 35.7 Å². The molecule has 0 N–H and O–H groups in total. The predicted octanol–water partition coefficient (Wildman–Crippen LogP) is 5.34. The monoisotopic (exact) mass is 346 g/mol. The number of hydrogen-bond donors (Lipinski definition) is 0. The Bertz CT molecular complexity index is 768. The molecule has 0 amide bonds. The Morgan fingerprint density at radius 1 is 1.04 bits per heavy atom. The van der Waals surface area contributed by atoms with Crippen LogP contribution in [0.1, 0.15) is 35.4 Å². The highest BCUT2D eigenvalue weighted by molar-refractivity contribution is 6.42. The van der Waals surface area contributed by atoms with Crippen LogP contribution >= 0.6 is 23.2 Å². The standard InChI is InChI=1S/C19H16Cl2O2/c1-2-23-19(22)16-9-8-13(14-5-3-4-6-15(14)16)12-7-10-17(20)18(21)11-12/h3-11,13,16H,2H2,1H3/t13-,16-/m0/s1. The maximum absolute atomic E-state index is 12.2. The van der Waals surface area contributed by atoms with Crippen molar-refractivity contribution in [2.45, 2.75) is 18.8 Å². The minimum atomic E-state index is -0.356. The number of ether oxygens (including phenoxy) is 1. The van der Waals surface area contributed by atoms with Crippen molar-refractivity contribution < 1.29 is 9.53 Å². The van der Waals surface area contributed by atoms with Crippen LogP contribution in [0.5, 0.6) is 0 Å². The van der Waals surface area contributed by atoms with Gasteiger partial charge in [0.15, 0.2) is 0 Å². The number of benzene rings is 2. The summed E-state index contributed by atoms with van der Waals surface area (Å²) < 4.78 is 5.19. The molecule has 0 radical (unpaired) electrons. The first kappa shape index (κ1) is 16.1. The summed E-state index contributed by atoms with van der Waals surface area (Å²) in [6.45, 7) is 2.19. The van der Waals surface area contributed by atoms with Crippen molar-refractivity contribution in [2.24, 2.45) is 0 Å². The second-order valence-corrected chi connectivity index (χ2v) is 6.21. The Hall–Kier alpha value is -1.77. The van der Waals surface area contributed by atoms with E-state index in [0.29, 0.717) is 16.7 Å². The molecule has 1 aliphatic carbocycles. The van der Waals surface area contributed by atoms with Crippen molar-refractivity contribution in [1.29, 1.82) is 0 Å². The smallest absolute Gasteiger partial charge is 0.317 e. The van der Waals surface area contributed by atoms with E-state index in [4.69, 9.17) is 27.9 Å². The molecule has 4 heteroatoms. The third-order valence-corrected chi connectivity index (χ3v) is 4.74. The van der Waals surface area contributed by atoms with Gasteiger partial charge >= 0.3 is 5.97 Å². The fourth-order valence-electron chi connectivity index (χ4n) is 2.94. The highest BCUT2D eigenvalue weighted by atomic mass is 35.5. The number of rotatable bonds is 3. The second-order valence-electron chi connectivity index (χ2n) is 5.39. The van der Waals surface area contributed by atoms with E-state index < -0.39 is 0 Å². The summed E-state index contributed by atoms with van der Waals surface area (Å²) in [5.74, 6) is -0.527. The predicted molar refractivity (Wildman–Crippen MR) is 93.3 cm³/mol. The molecule has 2 aromatic carbocycles. The summed E-state index contributed by atoms with van der Waals surface area (Å²) in [5.41, 5.74) is 3.11. The molecule has 23 heavy (non-hydrogen) atoms. The molecule has 0 aromatic heterocycles. The molecule has 2 aromatic rings. The summed E-state index contributed by atoms with van der Waals surface area (Å²) in [5, 5.41) is 1.07. The molecule has 0 spiro atoms. The lowest BCUT2D eigenvalue weighted by atomic mass is 9.79. The van der Waals surface area contributed by atoms with Crippen molar-refractivity contribution >= 4 is 29.2 Å². The molecular formula is C19H16Cl2O2. The van der Waals surface area contributed by atoms with Gasteiger partial charge in [-0.1, -0.05) is 65.7 Å². The lowest BCUT2D eigenvalue weighted by Gasteiger charge is -2.26. The molecule has 3 rings (SSSR count). The molecule has 0 fully saturated rings. The van der Waals surface area contributed by atoms with Gasteiger partial charge in [0.25, 0.3) is 0 Å². The van der Waals surface area contributed by atoms with Gasteiger partial charge in [-0.3, -0.25) is 4.79 Å². The minimum absolute atomic E-state index is 0.0478. The molecule has 2 nitrogen and oxygen atoms in total. The highest BCUT2D eigenvalue weighted by Crippen LogP contribution is 2.39. The zero-order valence-corrected chi connectivity index (χ0v) is 14.1. The number of esters is 1. The van der Waals surface area contributed by atoms with Crippen LogP contribution in [-0.2, 0) is 9.53 Å². The Morgan fingerprint density at radius 3 is 2.48 bits per heavy atom. The lowest BCUT2D eigenvalue weighted by Crippen LogP contribution is -2.19. The third-order valence-electron chi connectivity index (χ3n) is 4.01. The molecule has 0 aliphatic heterocycles. The van der Waals surface area contributed by atoms with Crippen LogP contribution in [-0.4, -0.2) is 12.6 Å². The second kappa shape index (κ2) is 6.77. The number of allylic oxidation sites excluding steroid dienone is 1. The maximum Gasteiger partial charge on any atom is 0.317 e. The number of carbonyl (C=O) groups excluding carboxylic acids is 1. The van der Waals surface area contributed by atoms with Crippen molar-refractivity contribution in [3.63, 3.8) is 0 Å². The Labute approximate surface area is 145 Å². The molecular weight excluding hydrogens is 331 g/mol. The maximum atomic E-state index is 12.2. The first-order valence-electron chi connectivity index (χ1n) is 7.50. The van der Waals surface area contributed by atoms with Gasteiger partial charge in [-0.15, -0.1) is 0 Å². The molecule has 0 bridgehead atoms. The van der Waals surface area contributed by atoms with Crippen LogP contribution in [0.2, 0.25) is 10.0 Å². The normalized spacial score (nSPS) is 19.3. The topological polar surface area (TPSA) is 26.3 Å². The van der Waals surface area contributed by atoms with Crippen molar-refractivity contribution in [2.75, 3.05) is 6.61 Å². The van der Waals surface area contributed by atoms with E-state index in [-0.39, 0.29) is 17.8 Å². The van der Waals surface area contributed by atoms with E-state index in [1.165, 1.54) is 0 Å². The molecule has 2 atom stereocenters. The van der Waals surface area contributed by atoms with E-state index in [2.05, 4.69) is 0 Å². The van der Waals surface area contributed by atoms with Crippen LogP contribution in [0.15, 0.2) is 54.6 Å². The third kappa shape index (κ3) is 3.15. The Morgan fingerprint density at radius 2 is 1.78 bits per heavy atom. The average molecular weight is 347 g/mol. The average Bonchev–Trinajstić information content (AvgIpc) is 2.56. The van der Waals surface area contributed by atoms with E-state index in [9.17, 15) is 4.79 Å². The molecule has 118 valence electrons. The zero-order valence-electron chi connectivity index (χ0n) is 12.6. The summed E-state index contributed by atoms with van der Waals surface area (Å²) in [7, 11) is 0. The van der Waals surface area contributed by atoms with Gasteiger partial charge < -0.3 is 4.74 Å². The molecule has 0 saturated heterocycles. The van der Waals surface area contributed by atoms with Crippen molar-refractivity contribution in [3.05, 3.63) is 81.4 Å². The number of fused-ring (bicyclic) bond motifs is 1. The Kier molecular flexibility index (Phi) is 4.74. The highest BCUT2D eigenvalue weighted by Gasteiger charge is 2.29. The van der Waals surface area contributed by atoms with E-state index in [1.807, 2.05) is 55.5 Å². The van der Waals surface area contributed by atoms with Crippen LogP contribution < -0.4 is 0 Å². The number of halogens is 2. The molecule has 0 saturated carbocycles. The Balaban J connectivity index is 2.03. The van der Waals surface area contributed by atoms with Crippen molar-refractivity contribution in [1.82, 2.24) is 0 Å². The number of hydrogen-bond acceptors (Lipinski definition) is 2. The summed E-state index contributed by atoms with van der Waals surface area (Å²) in [4.78, 5) is 12.2. The minimum Gasteiger partial charge on any atom is -0.465 e.